The molecule has 3 aliphatic rings. The maximum atomic E-state index is 13.5. The number of Topliss-reactive ketones (excluding diaryl/α,β-unsaturated/α-hetero) is 1. The Balaban J connectivity index is 1.38. The molecule has 1 aromatic rings. The lowest BCUT2D eigenvalue weighted by atomic mass is 10.00. The van der Waals surface area contributed by atoms with Crippen molar-refractivity contribution >= 4 is 23.3 Å². The molecule has 0 bridgehead atoms. The number of carbonyl (C=O) groups excluding carboxylic acids is 3. The van der Waals surface area contributed by atoms with Gasteiger partial charge in [-0.3, -0.25) is 19.3 Å². The molecule has 2 N–H and O–H groups in total. The number of nitrogens with one attached hydrogen (secondary N) is 1. The fourth-order valence-electron chi connectivity index (χ4n) is 5.75. The lowest BCUT2D eigenvalue weighted by Gasteiger charge is -2.36. The highest BCUT2D eigenvalue weighted by Gasteiger charge is 2.51. The molecular formula is C27H40N4O5. The molecule has 1 aliphatic carbocycles. The van der Waals surface area contributed by atoms with Crippen molar-refractivity contribution in [3.05, 3.63) is 29.8 Å². The van der Waals surface area contributed by atoms with Gasteiger partial charge in [-0.1, -0.05) is 13.8 Å². The van der Waals surface area contributed by atoms with E-state index < -0.39 is 18.2 Å². The van der Waals surface area contributed by atoms with Gasteiger partial charge in [-0.25, -0.2) is 0 Å². The number of anilines is 1. The predicted molar refractivity (Wildman–Crippen MR) is 137 cm³/mol. The van der Waals surface area contributed by atoms with Crippen LogP contribution in [0.1, 0.15) is 43.5 Å². The summed E-state index contributed by atoms with van der Waals surface area (Å²) in [7, 11) is 1.72. The van der Waals surface area contributed by atoms with Crippen molar-refractivity contribution in [2.45, 2.75) is 51.3 Å². The van der Waals surface area contributed by atoms with Crippen LogP contribution in [0, 0.1) is 11.8 Å². The Hall–Kier alpha value is -2.49. The van der Waals surface area contributed by atoms with Gasteiger partial charge < -0.3 is 25.0 Å². The molecule has 2 aliphatic heterocycles. The van der Waals surface area contributed by atoms with Gasteiger partial charge in [-0.15, -0.1) is 0 Å². The van der Waals surface area contributed by atoms with E-state index in [1.54, 1.807) is 19.2 Å². The van der Waals surface area contributed by atoms with E-state index in [-0.39, 0.29) is 36.0 Å². The van der Waals surface area contributed by atoms with Crippen LogP contribution >= 0.6 is 0 Å². The number of ketones is 1. The minimum absolute atomic E-state index is 0.00893. The van der Waals surface area contributed by atoms with Crippen LogP contribution in [-0.4, -0.2) is 104 Å². The summed E-state index contributed by atoms with van der Waals surface area (Å²) in [6, 6.07) is 6.21. The highest BCUT2D eigenvalue weighted by atomic mass is 16.5. The minimum Gasteiger partial charge on any atom is -0.391 e. The number of ether oxygens (including phenoxy) is 1. The summed E-state index contributed by atoms with van der Waals surface area (Å²) in [6.07, 6.45) is 0.791. The lowest BCUT2D eigenvalue weighted by molar-refractivity contribution is -0.139. The standard InChI is InChI=1S/C27H40N4O5/c1-18(2)16-22(27(35)31-17-24(33)21-8-9-23(32)25(21)31)28-26(34)19-4-6-20(7-5-19)30-12-10-29(11-13-30)14-15-36-3/h4-7,18,21-22,24-25,33H,8-17H2,1-3H3,(H,28,34)/t21-,22+,24+,25+/m1/s1. The van der Waals surface area contributed by atoms with Crippen LogP contribution in [0.15, 0.2) is 24.3 Å². The number of aliphatic hydroxyl groups excluding tert-OH is 1. The van der Waals surface area contributed by atoms with Crippen LogP contribution in [0.3, 0.4) is 0 Å². The molecule has 1 saturated carbocycles. The molecule has 1 aromatic carbocycles. The number of benzene rings is 1. The second-order valence-corrected chi connectivity index (χ2v) is 10.7. The van der Waals surface area contributed by atoms with Gasteiger partial charge in [0.15, 0.2) is 5.78 Å². The molecule has 36 heavy (non-hydrogen) atoms. The number of methoxy groups -OCH3 is 1. The Kier molecular flexibility index (Phi) is 8.64. The Morgan fingerprint density at radius 3 is 2.47 bits per heavy atom. The first-order valence-corrected chi connectivity index (χ1v) is 13.2. The zero-order chi connectivity index (χ0) is 25.8. The van der Waals surface area contributed by atoms with Crippen molar-refractivity contribution < 1.29 is 24.2 Å². The van der Waals surface area contributed by atoms with E-state index in [1.165, 1.54) is 4.90 Å². The number of hydrogen-bond donors (Lipinski definition) is 2. The Labute approximate surface area is 213 Å². The Morgan fingerprint density at radius 1 is 1.14 bits per heavy atom. The van der Waals surface area contributed by atoms with E-state index in [0.717, 1.165) is 45.0 Å². The molecular weight excluding hydrogens is 460 g/mol. The molecule has 198 valence electrons. The minimum atomic E-state index is -0.739. The van der Waals surface area contributed by atoms with E-state index in [9.17, 15) is 19.5 Å². The average molecular weight is 501 g/mol. The Morgan fingerprint density at radius 2 is 1.83 bits per heavy atom. The molecule has 0 radical (unpaired) electrons. The Bertz CT molecular complexity index is 929. The summed E-state index contributed by atoms with van der Waals surface area (Å²) in [5.41, 5.74) is 1.57. The first kappa shape index (κ1) is 26.6. The first-order valence-electron chi connectivity index (χ1n) is 13.2. The molecule has 9 heteroatoms. The smallest absolute Gasteiger partial charge is 0.251 e. The summed E-state index contributed by atoms with van der Waals surface area (Å²) in [4.78, 5) is 45.2. The molecule has 0 unspecified atom stereocenters. The first-order chi connectivity index (χ1) is 17.3. The molecule has 0 spiro atoms. The van der Waals surface area contributed by atoms with Gasteiger partial charge >= 0.3 is 0 Å². The van der Waals surface area contributed by atoms with Crippen LogP contribution < -0.4 is 10.2 Å². The SMILES string of the molecule is COCCN1CCN(c2ccc(C(=O)N[C@@H](CC(C)C)C(=O)N3C[C@H](O)[C@H]4CCC(=O)[C@H]43)cc2)CC1. The molecule has 3 fully saturated rings. The summed E-state index contributed by atoms with van der Waals surface area (Å²) in [6.45, 7) is 9.60. The molecule has 2 heterocycles. The number of aliphatic hydroxyl groups is 1. The van der Waals surface area contributed by atoms with Gasteiger partial charge in [0.25, 0.3) is 5.91 Å². The third-order valence-electron chi connectivity index (χ3n) is 7.75. The molecule has 4 atom stereocenters. The van der Waals surface area contributed by atoms with E-state index in [4.69, 9.17) is 4.74 Å². The third kappa shape index (κ3) is 5.90. The van der Waals surface area contributed by atoms with Gasteiger partial charge in [0.2, 0.25) is 5.91 Å². The second-order valence-electron chi connectivity index (χ2n) is 10.7. The number of carbonyl (C=O) groups is 3. The molecule has 2 saturated heterocycles. The van der Waals surface area contributed by atoms with Crippen molar-refractivity contribution in [1.29, 1.82) is 0 Å². The number of β-amino-alcohol motifs (C(OH)–C–C–N with tert-alkyl or cyclic N) is 1. The van der Waals surface area contributed by atoms with Crippen LogP contribution in [0.5, 0.6) is 0 Å². The number of likely N-dealkylation sites (tertiary alicyclic amines) is 1. The van der Waals surface area contributed by atoms with Crippen molar-refractivity contribution in [3.63, 3.8) is 0 Å². The van der Waals surface area contributed by atoms with Crippen molar-refractivity contribution in [2.24, 2.45) is 11.8 Å². The highest BCUT2D eigenvalue weighted by molar-refractivity contribution is 5.99. The molecule has 4 rings (SSSR count). The van der Waals surface area contributed by atoms with Crippen LogP contribution in [0.4, 0.5) is 5.69 Å². The zero-order valence-corrected chi connectivity index (χ0v) is 21.7. The van der Waals surface area contributed by atoms with E-state index in [2.05, 4.69) is 15.1 Å². The van der Waals surface area contributed by atoms with Gasteiger partial charge in [0.1, 0.15) is 6.04 Å². The van der Waals surface area contributed by atoms with Gasteiger partial charge in [0, 0.05) is 70.0 Å². The van der Waals surface area contributed by atoms with Crippen molar-refractivity contribution in [1.82, 2.24) is 15.1 Å². The fourth-order valence-corrected chi connectivity index (χ4v) is 5.75. The van der Waals surface area contributed by atoms with Gasteiger partial charge in [0.05, 0.1) is 18.8 Å². The average Bonchev–Trinajstić information content (AvgIpc) is 3.42. The molecule has 9 nitrogen and oxygen atoms in total. The van der Waals surface area contributed by atoms with Crippen LogP contribution in [-0.2, 0) is 14.3 Å². The number of hydrogen-bond acceptors (Lipinski definition) is 7. The summed E-state index contributed by atoms with van der Waals surface area (Å²) in [5.74, 6) is -0.589. The quantitative estimate of drug-likeness (QED) is 0.524. The number of amides is 2. The van der Waals surface area contributed by atoms with E-state index >= 15 is 0 Å². The summed E-state index contributed by atoms with van der Waals surface area (Å²) >= 11 is 0. The van der Waals surface area contributed by atoms with Gasteiger partial charge in [-0.05, 0) is 43.0 Å². The topological polar surface area (TPSA) is 102 Å². The van der Waals surface area contributed by atoms with Crippen molar-refractivity contribution in [3.8, 4) is 0 Å². The number of nitrogens with zero attached hydrogens (tertiary/aromatic N) is 3. The number of rotatable bonds is 9. The van der Waals surface area contributed by atoms with E-state index in [1.807, 2.05) is 26.0 Å². The summed E-state index contributed by atoms with van der Waals surface area (Å²) < 4.78 is 5.17. The maximum absolute atomic E-state index is 13.5. The monoisotopic (exact) mass is 500 g/mol. The van der Waals surface area contributed by atoms with Crippen LogP contribution in [0.25, 0.3) is 0 Å². The second kappa shape index (κ2) is 11.7. The number of piperazine rings is 1. The molecule has 0 aromatic heterocycles. The lowest BCUT2D eigenvalue weighted by Crippen LogP contribution is -2.52. The van der Waals surface area contributed by atoms with E-state index in [0.29, 0.717) is 24.8 Å². The van der Waals surface area contributed by atoms with Crippen molar-refractivity contribution in [2.75, 3.05) is 57.9 Å². The van der Waals surface area contributed by atoms with Crippen LogP contribution in [0.2, 0.25) is 0 Å². The molecule has 2 amide bonds. The zero-order valence-electron chi connectivity index (χ0n) is 21.7. The summed E-state index contributed by atoms with van der Waals surface area (Å²) in [5, 5.41) is 13.3. The largest absolute Gasteiger partial charge is 0.391 e. The predicted octanol–water partition coefficient (Wildman–Crippen LogP) is 1.15. The normalized spacial score (nSPS) is 25.4. The third-order valence-corrected chi connectivity index (χ3v) is 7.75. The fraction of sp³-hybridized carbons (Fsp3) is 0.667. The number of fused-ring (bicyclic) bond motifs is 1. The highest BCUT2D eigenvalue weighted by Crippen LogP contribution is 2.36. The van der Waals surface area contributed by atoms with Gasteiger partial charge in [-0.2, -0.15) is 0 Å². The maximum Gasteiger partial charge on any atom is 0.251 e.